The van der Waals surface area contributed by atoms with Crippen LogP contribution in [0.15, 0.2) is 44.8 Å². The van der Waals surface area contributed by atoms with Crippen LogP contribution in [0, 0.1) is 45.3 Å². The number of halogens is 1. The first kappa shape index (κ1) is 17.5. The Kier molecular flexibility index (Phi) is 6.94. The van der Waals surface area contributed by atoms with Gasteiger partial charge >= 0.3 is 0 Å². The highest BCUT2D eigenvalue weighted by atomic mass is 79.9. The van der Waals surface area contributed by atoms with Crippen LogP contribution < -0.4 is 0 Å². The van der Waals surface area contributed by atoms with Crippen LogP contribution in [-0.4, -0.2) is 6.26 Å². The van der Waals surface area contributed by atoms with E-state index in [2.05, 4.69) is 15.9 Å². The summed E-state index contributed by atoms with van der Waals surface area (Å²) in [5.41, 5.74) is 1.19. The molecular weight excluding hydrogens is 360 g/mol. The largest absolute Gasteiger partial charge is 0.192 e. The van der Waals surface area contributed by atoms with E-state index in [9.17, 15) is 0 Å². The molecule has 0 heterocycles. The third kappa shape index (κ3) is 4.24. The topological polar surface area (TPSA) is 95.2 Å². The van der Waals surface area contributed by atoms with Gasteiger partial charge in [0.05, 0.1) is 0 Å². The average molecular weight is 369 g/mol. The molecule has 0 bridgehead atoms. The van der Waals surface area contributed by atoms with Crippen LogP contribution in [0.2, 0.25) is 0 Å². The second-order valence-corrected chi connectivity index (χ2v) is 5.80. The maximum atomic E-state index is 9.16. The van der Waals surface area contributed by atoms with Gasteiger partial charge in [-0.25, -0.2) is 0 Å². The summed E-state index contributed by atoms with van der Waals surface area (Å²) in [5, 5.41) is 36.3. The lowest BCUT2D eigenvalue weighted by molar-refractivity contribution is 1.31. The van der Waals surface area contributed by atoms with E-state index in [0.717, 1.165) is 4.47 Å². The minimum absolute atomic E-state index is 0.00246. The molecule has 0 aliphatic carbocycles. The molecule has 0 saturated carbocycles. The summed E-state index contributed by atoms with van der Waals surface area (Å²) in [6, 6.07) is 14.6. The molecule has 0 radical (unpaired) electrons. The molecule has 0 aliphatic heterocycles. The Morgan fingerprint density at radius 1 is 0.955 bits per heavy atom. The van der Waals surface area contributed by atoms with Gasteiger partial charge in [-0.1, -0.05) is 28.1 Å². The third-order valence-electron chi connectivity index (χ3n) is 2.80. The quantitative estimate of drug-likeness (QED) is 0.737. The molecule has 0 fully saturated rings. The summed E-state index contributed by atoms with van der Waals surface area (Å²) < 4.78 is 0.876. The maximum absolute atomic E-state index is 9.16. The molecule has 22 heavy (non-hydrogen) atoms. The van der Waals surface area contributed by atoms with Gasteiger partial charge in [-0.15, -0.1) is 11.8 Å². The minimum atomic E-state index is -0.0240. The van der Waals surface area contributed by atoms with Crippen molar-refractivity contribution in [2.45, 2.75) is 6.42 Å². The van der Waals surface area contributed by atoms with Crippen molar-refractivity contribution in [3.63, 3.8) is 0 Å². The Morgan fingerprint density at radius 3 is 1.86 bits per heavy atom. The van der Waals surface area contributed by atoms with Crippen LogP contribution >= 0.6 is 27.7 Å². The molecule has 4 nitrogen and oxygen atoms in total. The van der Waals surface area contributed by atoms with E-state index < -0.39 is 0 Å². The molecule has 106 valence electrons. The Hall–Kier alpha value is -2.51. The van der Waals surface area contributed by atoms with Gasteiger partial charge in [0.2, 0.25) is 0 Å². The second-order valence-electron chi connectivity index (χ2n) is 3.99. The predicted molar refractivity (Wildman–Crippen MR) is 88.7 cm³/mol. The number of hydrogen-bond donors (Lipinski definition) is 0. The van der Waals surface area contributed by atoms with Crippen LogP contribution in [0.25, 0.3) is 5.57 Å². The fraction of sp³-hybridized carbons (Fsp3) is 0.125. The molecule has 0 spiro atoms. The van der Waals surface area contributed by atoms with Crippen molar-refractivity contribution in [2.75, 3.05) is 6.26 Å². The summed E-state index contributed by atoms with van der Waals surface area (Å²) in [5.74, 6) is 0. The van der Waals surface area contributed by atoms with Gasteiger partial charge in [0.15, 0.2) is 0 Å². The van der Waals surface area contributed by atoms with Gasteiger partial charge in [-0.2, -0.15) is 21.0 Å². The van der Waals surface area contributed by atoms with Gasteiger partial charge in [-0.05, 0) is 29.5 Å². The molecule has 0 amide bonds. The molecule has 0 aliphatic rings. The second kappa shape index (κ2) is 8.71. The predicted octanol–water partition coefficient (Wildman–Crippen LogP) is 4.30. The summed E-state index contributed by atoms with van der Waals surface area (Å²) in [4.78, 5) is 0.533. The Morgan fingerprint density at radius 2 is 1.45 bits per heavy atom. The van der Waals surface area contributed by atoms with Gasteiger partial charge in [0.25, 0.3) is 0 Å². The van der Waals surface area contributed by atoms with Crippen LogP contribution in [0.3, 0.4) is 0 Å². The number of nitrogens with zero attached hydrogens (tertiary/aromatic N) is 4. The molecule has 6 heteroatoms. The summed E-state index contributed by atoms with van der Waals surface area (Å²) in [7, 11) is 0. The zero-order valence-corrected chi connectivity index (χ0v) is 14.0. The highest BCUT2D eigenvalue weighted by Gasteiger charge is 2.14. The monoisotopic (exact) mass is 368 g/mol. The first-order chi connectivity index (χ1) is 10.6. The smallest absolute Gasteiger partial charge is 0.139 e. The van der Waals surface area contributed by atoms with Crippen molar-refractivity contribution in [3.05, 3.63) is 50.4 Å². The van der Waals surface area contributed by atoms with Crippen molar-refractivity contribution in [3.8, 4) is 24.3 Å². The Labute approximate surface area is 141 Å². The maximum Gasteiger partial charge on any atom is 0.139 e. The first-order valence-corrected chi connectivity index (χ1v) is 7.99. The lowest BCUT2D eigenvalue weighted by atomic mass is 9.97. The van der Waals surface area contributed by atoms with Crippen molar-refractivity contribution in [2.24, 2.45) is 0 Å². The minimum Gasteiger partial charge on any atom is -0.192 e. The summed E-state index contributed by atoms with van der Waals surface area (Å²) >= 11 is 4.59. The van der Waals surface area contributed by atoms with Crippen molar-refractivity contribution >= 4 is 33.3 Å². The molecular formula is C16H9BrN4S. The molecule has 0 N–H and O–H groups in total. The van der Waals surface area contributed by atoms with Crippen LogP contribution in [-0.2, 0) is 0 Å². The zero-order valence-electron chi connectivity index (χ0n) is 11.6. The third-order valence-corrected chi connectivity index (χ3v) is 4.17. The molecule has 0 aromatic heterocycles. The van der Waals surface area contributed by atoms with E-state index in [1.165, 1.54) is 11.8 Å². The normalized spacial score (nSPS) is 8.64. The zero-order chi connectivity index (χ0) is 16.5. The van der Waals surface area contributed by atoms with E-state index >= 15 is 0 Å². The van der Waals surface area contributed by atoms with Crippen molar-refractivity contribution in [1.82, 2.24) is 0 Å². The van der Waals surface area contributed by atoms with Gasteiger partial charge < -0.3 is 0 Å². The number of benzene rings is 1. The summed E-state index contributed by atoms with van der Waals surface area (Å²) in [6.07, 6.45) is 1.94. The molecule has 0 atom stereocenters. The highest BCUT2D eigenvalue weighted by Crippen LogP contribution is 2.32. The number of hydrogen-bond acceptors (Lipinski definition) is 5. The first-order valence-electron chi connectivity index (χ1n) is 5.97. The standard InChI is InChI=1S/C16H9BrN4S/c1-22-16(13(9-20)10-21)6-15(12(7-18)8-19)11-2-4-14(17)5-3-11/h2-5H,6H2,1H3. The number of rotatable bonds is 4. The lowest BCUT2D eigenvalue weighted by Gasteiger charge is -2.10. The molecule has 1 aromatic carbocycles. The van der Waals surface area contributed by atoms with E-state index in [1.54, 1.807) is 30.5 Å². The SMILES string of the molecule is CSC(CC(=C(C#N)C#N)c1ccc(Br)cc1)=C(C#N)C#N. The Bertz CT molecular complexity index is 761. The lowest BCUT2D eigenvalue weighted by Crippen LogP contribution is -1.93. The molecule has 0 saturated heterocycles. The molecule has 1 rings (SSSR count). The van der Waals surface area contributed by atoms with E-state index in [0.29, 0.717) is 16.0 Å². The van der Waals surface area contributed by atoms with E-state index in [4.69, 9.17) is 21.0 Å². The van der Waals surface area contributed by atoms with Gasteiger partial charge in [0.1, 0.15) is 35.4 Å². The van der Waals surface area contributed by atoms with Crippen LogP contribution in [0.1, 0.15) is 12.0 Å². The van der Waals surface area contributed by atoms with Gasteiger partial charge in [0, 0.05) is 15.8 Å². The van der Waals surface area contributed by atoms with E-state index in [1.807, 2.05) is 24.3 Å². The van der Waals surface area contributed by atoms with Crippen molar-refractivity contribution in [1.29, 1.82) is 21.0 Å². The van der Waals surface area contributed by atoms with E-state index in [-0.39, 0.29) is 17.6 Å². The van der Waals surface area contributed by atoms with Crippen molar-refractivity contribution < 1.29 is 0 Å². The fourth-order valence-electron chi connectivity index (χ4n) is 1.72. The number of nitriles is 4. The number of allylic oxidation sites excluding steroid dienone is 4. The highest BCUT2D eigenvalue weighted by molar-refractivity contribution is 9.10. The average Bonchev–Trinajstić information content (AvgIpc) is 2.55. The van der Waals surface area contributed by atoms with Gasteiger partial charge in [-0.3, -0.25) is 0 Å². The number of thioether (sulfide) groups is 1. The fourth-order valence-corrected chi connectivity index (χ4v) is 2.57. The molecule has 0 unspecified atom stereocenters. The van der Waals surface area contributed by atoms with Crippen LogP contribution in [0.5, 0.6) is 0 Å². The Balaban J connectivity index is 3.48. The summed E-state index contributed by atoms with van der Waals surface area (Å²) in [6.45, 7) is 0. The van der Waals surface area contributed by atoms with Crippen LogP contribution in [0.4, 0.5) is 0 Å². The molecule has 1 aromatic rings.